The van der Waals surface area contributed by atoms with Gasteiger partial charge < -0.3 is 0 Å². The molecule has 0 N–H and O–H groups in total. The van der Waals surface area contributed by atoms with Gasteiger partial charge in [-0.15, -0.1) is 0 Å². The summed E-state index contributed by atoms with van der Waals surface area (Å²) in [6.45, 7) is 9.53. The molecule has 0 bridgehead atoms. The second-order valence-corrected chi connectivity index (χ2v) is 6.15. The monoisotopic (exact) mass is 186 g/mol. The smallest absolute Gasteiger partial charge is 0.00315 e. The van der Waals surface area contributed by atoms with Gasteiger partial charge in [-0.1, -0.05) is 34.1 Å². The van der Waals surface area contributed by atoms with Crippen LogP contribution in [0.2, 0.25) is 0 Å². The first-order valence-electron chi connectivity index (χ1n) is 5.13. The summed E-state index contributed by atoms with van der Waals surface area (Å²) in [6.07, 6.45) is 2.82. The van der Waals surface area contributed by atoms with E-state index in [1.165, 1.54) is 24.3 Å². The van der Waals surface area contributed by atoms with Crippen molar-refractivity contribution in [1.29, 1.82) is 0 Å². The number of hydrogen-bond donors (Lipinski definition) is 0. The molecule has 0 amide bonds. The highest BCUT2D eigenvalue weighted by Gasteiger charge is 2.33. The first-order valence-corrected chi connectivity index (χ1v) is 6.29. The first kappa shape index (κ1) is 10.4. The molecule has 1 heteroatoms. The molecule has 0 saturated carbocycles. The molecule has 0 nitrogen and oxygen atoms in total. The Morgan fingerprint density at radius 2 is 2.00 bits per heavy atom. The van der Waals surface area contributed by atoms with Gasteiger partial charge in [0, 0.05) is 0 Å². The molecule has 0 radical (unpaired) electrons. The lowest BCUT2D eigenvalue weighted by atomic mass is 9.72. The summed E-state index contributed by atoms with van der Waals surface area (Å²) in [6, 6.07) is 0. The summed E-state index contributed by atoms with van der Waals surface area (Å²) in [5.41, 5.74) is 0.522. The lowest BCUT2D eigenvalue weighted by molar-refractivity contribution is 0.169. The molecule has 1 saturated heterocycles. The summed E-state index contributed by atoms with van der Waals surface area (Å²) in [5.74, 6) is 4.72. The zero-order valence-corrected chi connectivity index (χ0v) is 9.71. The van der Waals surface area contributed by atoms with Crippen LogP contribution in [0.5, 0.6) is 0 Å². The van der Waals surface area contributed by atoms with Crippen LogP contribution in [0.25, 0.3) is 0 Å². The van der Waals surface area contributed by atoms with Crippen LogP contribution in [-0.2, 0) is 0 Å². The fraction of sp³-hybridized carbons (Fsp3) is 1.00. The van der Waals surface area contributed by atoms with Crippen molar-refractivity contribution in [2.45, 2.75) is 40.5 Å². The van der Waals surface area contributed by atoms with E-state index in [4.69, 9.17) is 0 Å². The van der Waals surface area contributed by atoms with Gasteiger partial charge in [0.2, 0.25) is 0 Å². The molecule has 1 aliphatic heterocycles. The van der Waals surface area contributed by atoms with Crippen LogP contribution in [0.1, 0.15) is 40.5 Å². The SMILES string of the molecule is CCC1CCSCC1C(C)(C)C. The Bertz CT molecular complexity index is 134. The van der Waals surface area contributed by atoms with Gasteiger partial charge in [0.05, 0.1) is 0 Å². The topological polar surface area (TPSA) is 0 Å². The maximum absolute atomic E-state index is 2.40. The number of rotatable bonds is 1. The fourth-order valence-electron chi connectivity index (χ4n) is 2.23. The van der Waals surface area contributed by atoms with E-state index in [0.717, 1.165) is 11.8 Å². The van der Waals surface area contributed by atoms with Gasteiger partial charge in [0.1, 0.15) is 0 Å². The number of thioether (sulfide) groups is 1. The molecule has 1 aliphatic rings. The van der Waals surface area contributed by atoms with Gasteiger partial charge in [-0.05, 0) is 35.2 Å². The minimum atomic E-state index is 0.522. The largest absolute Gasteiger partial charge is 0.162 e. The molecule has 0 spiro atoms. The van der Waals surface area contributed by atoms with E-state index in [1.54, 1.807) is 0 Å². The Balaban J connectivity index is 2.59. The van der Waals surface area contributed by atoms with Crippen LogP contribution in [0.15, 0.2) is 0 Å². The maximum Gasteiger partial charge on any atom is -0.00315 e. The van der Waals surface area contributed by atoms with E-state index in [1.807, 2.05) is 0 Å². The van der Waals surface area contributed by atoms with Crippen LogP contribution in [0, 0.1) is 17.3 Å². The van der Waals surface area contributed by atoms with Crippen LogP contribution in [0.4, 0.5) is 0 Å². The van der Waals surface area contributed by atoms with Crippen LogP contribution >= 0.6 is 11.8 Å². The van der Waals surface area contributed by atoms with Crippen molar-refractivity contribution in [3.63, 3.8) is 0 Å². The third-order valence-corrected chi connectivity index (χ3v) is 4.26. The first-order chi connectivity index (χ1) is 5.55. The van der Waals surface area contributed by atoms with Crippen LogP contribution < -0.4 is 0 Å². The summed E-state index contributed by atoms with van der Waals surface area (Å²) in [4.78, 5) is 0. The predicted molar refractivity (Wildman–Crippen MR) is 58.7 cm³/mol. The summed E-state index contributed by atoms with van der Waals surface area (Å²) in [5, 5.41) is 0. The second kappa shape index (κ2) is 4.04. The highest BCUT2D eigenvalue weighted by atomic mass is 32.2. The normalized spacial score (nSPS) is 32.0. The summed E-state index contributed by atoms with van der Waals surface area (Å²) < 4.78 is 0. The van der Waals surface area contributed by atoms with Crippen molar-refractivity contribution in [2.75, 3.05) is 11.5 Å². The molecule has 1 fully saturated rings. The maximum atomic E-state index is 2.40. The van der Waals surface area contributed by atoms with Crippen LogP contribution in [0.3, 0.4) is 0 Å². The Kier molecular flexibility index (Phi) is 3.51. The molecule has 1 rings (SSSR count). The van der Waals surface area contributed by atoms with Gasteiger partial charge in [-0.25, -0.2) is 0 Å². The zero-order chi connectivity index (χ0) is 9.19. The molecule has 1 heterocycles. The van der Waals surface area contributed by atoms with Gasteiger partial charge in [0.25, 0.3) is 0 Å². The van der Waals surface area contributed by atoms with Gasteiger partial charge >= 0.3 is 0 Å². The average Bonchev–Trinajstić information content (AvgIpc) is 2.03. The zero-order valence-electron chi connectivity index (χ0n) is 8.89. The highest BCUT2D eigenvalue weighted by molar-refractivity contribution is 7.99. The second-order valence-electron chi connectivity index (χ2n) is 5.00. The van der Waals surface area contributed by atoms with Crippen molar-refractivity contribution in [2.24, 2.45) is 17.3 Å². The van der Waals surface area contributed by atoms with E-state index in [2.05, 4.69) is 39.5 Å². The average molecular weight is 186 g/mol. The van der Waals surface area contributed by atoms with E-state index >= 15 is 0 Å². The Labute approximate surface area is 81.5 Å². The lowest BCUT2D eigenvalue weighted by Gasteiger charge is -2.39. The standard InChI is InChI=1S/C11H22S/c1-5-9-6-7-12-8-10(9)11(2,3)4/h9-10H,5-8H2,1-4H3. The van der Waals surface area contributed by atoms with E-state index in [0.29, 0.717) is 5.41 Å². The van der Waals surface area contributed by atoms with Gasteiger partial charge in [0.15, 0.2) is 0 Å². The molecule has 12 heavy (non-hydrogen) atoms. The highest BCUT2D eigenvalue weighted by Crippen LogP contribution is 2.41. The molecule has 0 aliphatic carbocycles. The minimum Gasteiger partial charge on any atom is -0.162 e. The van der Waals surface area contributed by atoms with Crippen molar-refractivity contribution < 1.29 is 0 Å². The van der Waals surface area contributed by atoms with E-state index in [9.17, 15) is 0 Å². The molecule has 0 aromatic rings. The summed E-state index contributed by atoms with van der Waals surface area (Å²) >= 11 is 2.15. The molecule has 2 atom stereocenters. The molecule has 0 aromatic heterocycles. The third kappa shape index (κ3) is 2.42. The Hall–Kier alpha value is 0.350. The summed E-state index contributed by atoms with van der Waals surface area (Å²) in [7, 11) is 0. The van der Waals surface area contributed by atoms with Gasteiger partial charge in [-0.3, -0.25) is 0 Å². The van der Waals surface area contributed by atoms with Gasteiger partial charge in [-0.2, -0.15) is 11.8 Å². The van der Waals surface area contributed by atoms with Crippen molar-refractivity contribution in [1.82, 2.24) is 0 Å². The molecular formula is C11H22S. The van der Waals surface area contributed by atoms with Crippen molar-refractivity contribution >= 4 is 11.8 Å². The molecular weight excluding hydrogens is 164 g/mol. The van der Waals surface area contributed by atoms with Crippen molar-refractivity contribution in [3.8, 4) is 0 Å². The molecule has 0 aromatic carbocycles. The third-order valence-electron chi connectivity index (χ3n) is 3.14. The molecule has 2 unspecified atom stereocenters. The Morgan fingerprint density at radius 1 is 1.33 bits per heavy atom. The van der Waals surface area contributed by atoms with Crippen LogP contribution in [-0.4, -0.2) is 11.5 Å². The predicted octanol–water partition coefficient (Wildman–Crippen LogP) is 3.81. The fourth-order valence-corrected chi connectivity index (χ4v) is 3.89. The lowest BCUT2D eigenvalue weighted by Crippen LogP contribution is -2.33. The van der Waals surface area contributed by atoms with E-state index in [-0.39, 0.29) is 0 Å². The molecule has 72 valence electrons. The minimum absolute atomic E-state index is 0.522. The Morgan fingerprint density at radius 3 is 2.42 bits per heavy atom. The number of hydrogen-bond acceptors (Lipinski definition) is 1. The van der Waals surface area contributed by atoms with Crippen molar-refractivity contribution in [3.05, 3.63) is 0 Å². The quantitative estimate of drug-likeness (QED) is 0.600. The van der Waals surface area contributed by atoms with E-state index < -0.39 is 0 Å².